The first kappa shape index (κ1) is 17.7. The monoisotopic (exact) mass is 345 g/mol. The molecule has 25 heavy (non-hydrogen) atoms. The van der Waals surface area contributed by atoms with E-state index in [-0.39, 0.29) is 24.5 Å². The van der Waals surface area contributed by atoms with Crippen LogP contribution < -0.4 is 10.6 Å². The number of rotatable bonds is 6. The minimum atomic E-state index is -0.116. The quantitative estimate of drug-likeness (QED) is 0.739. The fourth-order valence-electron chi connectivity index (χ4n) is 3.14. The van der Waals surface area contributed by atoms with Gasteiger partial charge in [0.15, 0.2) is 0 Å². The van der Waals surface area contributed by atoms with Gasteiger partial charge in [-0.1, -0.05) is 12.1 Å². The zero-order valence-corrected chi connectivity index (χ0v) is 14.5. The van der Waals surface area contributed by atoms with Gasteiger partial charge in [0.25, 0.3) is 0 Å². The van der Waals surface area contributed by atoms with Gasteiger partial charge in [-0.3, -0.25) is 4.79 Å². The topological polar surface area (TPSA) is 81.7 Å². The summed E-state index contributed by atoms with van der Waals surface area (Å²) in [7, 11) is 0. The van der Waals surface area contributed by atoms with Crippen LogP contribution in [0.3, 0.4) is 0 Å². The van der Waals surface area contributed by atoms with Crippen molar-refractivity contribution in [2.75, 3.05) is 25.0 Å². The third kappa shape index (κ3) is 5.46. The lowest BCUT2D eigenvalue weighted by Gasteiger charge is -2.31. The van der Waals surface area contributed by atoms with Crippen molar-refractivity contribution in [3.05, 3.63) is 29.8 Å². The fourth-order valence-corrected chi connectivity index (χ4v) is 3.14. The minimum Gasteiger partial charge on any atom is -0.396 e. The Kier molecular flexibility index (Phi) is 5.91. The molecule has 3 N–H and O–H groups in total. The summed E-state index contributed by atoms with van der Waals surface area (Å²) in [6.07, 6.45) is 5.33. The molecular formula is C19H27N3O3. The highest BCUT2D eigenvalue weighted by Crippen LogP contribution is 2.19. The normalized spacial score (nSPS) is 20.2. The van der Waals surface area contributed by atoms with E-state index < -0.39 is 0 Å². The van der Waals surface area contributed by atoms with Crippen molar-refractivity contribution in [2.45, 2.75) is 44.6 Å². The largest absolute Gasteiger partial charge is 0.396 e. The molecule has 2 aliphatic rings. The Hall–Kier alpha value is -2.08. The lowest BCUT2D eigenvalue weighted by atomic mass is 9.99. The maximum atomic E-state index is 12.3. The molecular weight excluding hydrogens is 318 g/mol. The van der Waals surface area contributed by atoms with Gasteiger partial charge < -0.3 is 20.6 Å². The van der Waals surface area contributed by atoms with Gasteiger partial charge in [0.1, 0.15) is 0 Å². The highest BCUT2D eigenvalue weighted by Gasteiger charge is 2.23. The Bertz CT molecular complexity index is 598. The van der Waals surface area contributed by atoms with Gasteiger partial charge in [0, 0.05) is 37.8 Å². The van der Waals surface area contributed by atoms with Crippen molar-refractivity contribution in [3.63, 3.8) is 0 Å². The van der Waals surface area contributed by atoms with Crippen LogP contribution in [0.4, 0.5) is 10.5 Å². The van der Waals surface area contributed by atoms with E-state index in [0.29, 0.717) is 25.4 Å². The number of likely N-dealkylation sites (tertiary alicyclic amines) is 1. The number of nitrogens with one attached hydrogen (secondary N) is 2. The molecule has 1 atom stereocenters. The maximum absolute atomic E-state index is 12.3. The second-order valence-corrected chi connectivity index (χ2v) is 7.11. The van der Waals surface area contributed by atoms with Crippen molar-refractivity contribution in [2.24, 2.45) is 5.92 Å². The number of amides is 3. The number of urea groups is 1. The number of anilines is 1. The lowest BCUT2D eigenvalue weighted by molar-refractivity contribution is -0.121. The van der Waals surface area contributed by atoms with Crippen LogP contribution >= 0.6 is 0 Å². The van der Waals surface area contributed by atoms with Crippen LogP contribution in [0.25, 0.3) is 0 Å². The van der Waals surface area contributed by atoms with E-state index in [1.807, 2.05) is 24.3 Å². The molecule has 2 fully saturated rings. The molecule has 1 heterocycles. The molecule has 6 heteroatoms. The van der Waals surface area contributed by atoms with Crippen molar-refractivity contribution in [1.82, 2.24) is 10.2 Å². The smallest absolute Gasteiger partial charge is 0.321 e. The van der Waals surface area contributed by atoms with Gasteiger partial charge in [-0.15, -0.1) is 0 Å². The second-order valence-electron chi connectivity index (χ2n) is 7.11. The van der Waals surface area contributed by atoms with Crippen molar-refractivity contribution in [3.8, 4) is 0 Å². The Balaban J connectivity index is 1.45. The van der Waals surface area contributed by atoms with Crippen molar-refractivity contribution >= 4 is 17.6 Å². The molecule has 1 aliphatic heterocycles. The number of aliphatic hydroxyl groups excluding tert-OH is 1. The van der Waals surface area contributed by atoms with Gasteiger partial charge in [-0.05, 0) is 55.7 Å². The van der Waals surface area contributed by atoms with E-state index in [2.05, 4.69) is 10.6 Å². The van der Waals surface area contributed by atoms with E-state index in [9.17, 15) is 14.7 Å². The van der Waals surface area contributed by atoms with Crippen LogP contribution in [0.5, 0.6) is 0 Å². The summed E-state index contributed by atoms with van der Waals surface area (Å²) in [4.78, 5) is 25.8. The fraction of sp³-hybridized carbons (Fsp3) is 0.579. The van der Waals surface area contributed by atoms with Crippen LogP contribution in [-0.2, 0) is 11.2 Å². The van der Waals surface area contributed by atoms with Crippen molar-refractivity contribution < 1.29 is 14.7 Å². The van der Waals surface area contributed by atoms with E-state index in [1.54, 1.807) is 4.90 Å². The lowest BCUT2D eigenvalue weighted by Crippen LogP contribution is -2.43. The molecule has 136 valence electrons. The average Bonchev–Trinajstić information content (AvgIpc) is 3.45. The number of piperidine rings is 1. The van der Waals surface area contributed by atoms with E-state index in [1.165, 1.54) is 0 Å². The van der Waals surface area contributed by atoms with E-state index >= 15 is 0 Å². The number of carbonyl (C=O) groups is 2. The molecule has 0 spiro atoms. The van der Waals surface area contributed by atoms with Crippen LogP contribution in [0.2, 0.25) is 0 Å². The minimum absolute atomic E-state index is 0.114. The molecule has 1 aromatic carbocycles. The number of hydrogen-bond acceptors (Lipinski definition) is 3. The first-order valence-electron chi connectivity index (χ1n) is 9.19. The van der Waals surface area contributed by atoms with Gasteiger partial charge in [-0.2, -0.15) is 0 Å². The zero-order valence-electron chi connectivity index (χ0n) is 14.5. The number of carbonyl (C=O) groups excluding carboxylic acids is 2. The molecule has 3 rings (SSSR count). The van der Waals surface area contributed by atoms with Gasteiger partial charge in [0.2, 0.25) is 5.91 Å². The van der Waals surface area contributed by atoms with Crippen molar-refractivity contribution in [1.29, 1.82) is 0 Å². The average molecular weight is 345 g/mol. The van der Waals surface area contributed by atoms with Crippen LogP contribution in [0.15, 0.2) is 24.3 Å². The Morgan fingerprint density at radius 3 is 2.60 bits per heavy atom. The molecule has 0 aromatic heterocycles. The van der Waals surface area contributed by atoms with E-state index in [0.717, 1.165) is 43.5 Å². The highest BCUT2D eigenvalue weighted by atomic mass is 16.3. The summed E-state index contributed by atoms with van der Waals surface area (Å²) in [5.74, 6) is 0.298. The molecule has 3 amide bonds. The number of aryl methyl sites for hydroxylation is 1. The Morgan fingerprint density at radius 1 is 1.16 bits per heavy atom. The van der Waals surface area contributed by atoms with E-state index in [4.69, 9.17) is 0 Å². The van der Waals surface area contributed by atoms with Crippen LogP contribution in [0, 0.1) is 5.92 Å². The Labute approximate surface area is 148 Å². The zero-order chi connectivity index (χ0) is 17.6. The molecule has 1 aliphatic carbocycles. The van der Waals surface area contributed by atoms with Gasteiger partial charge in [-0.25, -0.2) is 4.79 Å². The number of nitrogens with zero attached hydrogens (tertiary/aromatic N) is 1. The molecule has 6 nitrogen and oxygen atoms in total. The molecule has 0 bridgehead atoms. The number of hydrogen-bond donors (Lipinski definition) is 3. The maximum Gasteiger partial charge on any atom is 0.321 e. The molecule has 0 unspecified atom stereocenters. The summed E-state index contributed by atoms with van der Waals surface area (Å²) in [5, 5.41) is 15.2. The summed E-state index contributed by atoms with van der Waals surface area (Å²) < 4.78 is 0. The highest BCUT2D eigenvalue weighted by molar-refractivity contribution is 5.89. The van der Waals surface area contributed by atoms with Gasteiger partial charge in [0.05, 0.1) is 0 Å². The van der Waals surface area contributed by atoms with Crippen LogP contribution in [0.1, 0.15) is 37.7 Å². The predicted octanol–water partition coefficient (Wildman–Crippen LogP) is 2.13. The molecule has 0 radical (unpaired) electrons. The predicted molar refractivity (Wildman–Crippen MR) is 96.3 cm³/mol. The summed E-state index contributed by atoms with van der Waals surface area (Å²) in [6, 6.07) is 7.94. The summed E-state index contributed by atoms with van der Waals surface area (Å²) >= 11 is 0. The van der Waals surface area contributed by atoms with Crippen LogP contribution in [-0.4, -0.2) is 47.7 Å². The van der Waals surface area contributed by atoms with Gasteiger partial charge >= 0.3 is 6.03 Å². The summed E-state index contributed by atoms with van der Waals surface area (Å²) in [6.45, 7) is 1.47. The molecule has 1 aromatic rings. The first-order chi connectivity index (χ1) is 12.1. The third-order valence-electron chi connectivity index (χ3n) is 4.85. The standard InChI is InChI=1S/C19H27N3O3/c23-13-15-2-1-11-22(12-15)19(25)21-17-6-3-14(4-7-17)5-10-18(24)20-16-8-9-16/h3-4,6-7,15-16,23H,1-2,5,8-13H2,(H,20,24)(H,21,25)/t15-/m0/s1. The Morgan fingerprint density at radius 2 is 1.92 bits per heavy atom. The number of aliphatic hydroxyl groups is 1. The summed E-state index contributed by atoms with van der Waals surface area (Å²) in [5.41, 5.74) is 1.84. The molecule has 1 saturated carbocycles. The third-order valence-corrected chi connectivity index (χ3v) is 4.85. The SMILES string of the molecule is O=C(CCc1ccc(NC(=O)N2CCC[C@H](CO)C2)cc1)NC1CC1. The number of benzene rings is 1. The molecule has 1 saturated heterocycles. The second kappa shape index (κ2) is 8.34. The first-order valence-corrected chi connectivity index (χ1v) is 9.19.